The molecule has 210 valence electrons. The molecular weight excluding hydrogens is 536 g/mol. The number of methoxy groups -OCH3 is 1. The minimum atomic E-state index is -3.95. The molecule has 0 radical (unpaired) electrons. The van der Waals surface area contributed by atoms with Crippen molar-refractivity contribution in [1.82, 2.24) is 13.5 Å². The van der Waals surface area contributed by atoms with Gasteiger partial charge in [-0.25, -0.2) is 17.4 Å². The second-order valence-corrected chi connectivity index (χ2v) is 12.4. The third-order valence-corrected chi connectivity index (χ3v) is 9.72. The predicted octanol–water partition coefficient (Wildman–Crippen LogP) is 5.34. The molecule has 1 saturated heterocycles. The summed E-state index contributed by atoms with van der Waals surface area (Å²) in [7, 11) is -0.636. The molecule has 6 rings (SSSR count). The topological polar surface area (TPSA) is 86.4 Å². The summed E-state index contributed by atoms with van der Waals surface area (Å²) >= 11 is 0. The molecule has 8 nitrogen and oxygen atoms in total. The molecule has 5 aromatic rings. The van der Waals surface area contributed by atoms with Gasteiger partial charge >= 0.3 is 0 Å². The Kier molecular flexibility index (Phi) is 6.91. The Balaban J connectivity index is 1.27. The van der Waals surface area contributed by atoms with E-state index in [0.29, 0.717) is 11.3 Å². The van der Waals surface area contributed by atoms with Crippen LogP contribution in [0.1, 0.15) is 29.9 Å². The fourth-order valence-corrected chi connectivity index (χ4v) is 6.98. The minimum Gasteiger partial charge on any atom is -0.497 e. The minimum absolute atomic E-state index is 0.121. The first-order valence-electron chi connectivity index (χ1n) is 13.6. The van der Waals surface area contributed by atoms with Crippen molar-refractivity contribution in [2.75, 3.05) is 25.1 Å². The summed E-state index contributed by atoms with van der Waals surface area (Å²) in [5, 5.41) is 0.568. The maximum Gasteiger partial charge on any atom is 0.275 e. The Bertz CT molecular complexity index is 1870. The average Bonchev–Trinajstić information content (AvgIpc) is 3.46. The van der Waals surface area contributed by atoms with Gasteiger partial charge in [-0.2, -0.15) is 0 Å². The van der Waals surface area contributed by atoms with E-state index < -0.39 is 10.0 Å². The second-order valence-electron chi connectivity index (χ2n) is 10.6. The van der Waals surface area contributed by atoms with Crippen LogP contribution in [0.3, 0.4) is 0 Å². The van der Waals surface area contributed by atoms with Crippen molar-refractivity contribution in [2.45, 2.75) is 30.6 Å². The normalized spacial score (nSPS) is 14.5. The highest BCUT2D eigenvalue weighted by atomic mass is 32.2. The molecule has 0 amide bonds. The number of pyridine rings is 2. The monoisotopic (exact) mass is 568 g/mol. The lowest BCUT2D eigenvalue weighted by atomic mass is 9.89. The molecule has 4 heterocycles. The summed E-state index contributed by atoms with van der Waals surface area (Å²) in [6, 6.07) is 20.6. The maximum atomic E-state index is 13.5. The number of hydrogen-bond donors (Lipinski definition) is 0. The van der Waals surface area contributed by atoms with E-state index in [0.717, 1.165) is 58.2 Å². The largest absolute Gasteiger partial charge is 0.497 e. The molecule has 0 N–H and O–H groups in total. The summed E-state index contributed by atoms with van der Waals surface area (Å²) in [4.78, 5) is 20.4. The number of piperidine rings is 1. The number of aryl methyl sites for hydroxylation is 2. The molecule has 9 heteroatoms. The van der Waals surface area contributed by atoms with Crippen LogP contribution in [0.4, 0.5) is 5.82 Å². The van der Waals surface area contributed by atoms with Crippen molar-refractivity contribution < 1.29 is 13.2 Å². The number of nitrogens with zero attached hydrogens (tertiary/aromatic N) is 4. The highest BCUT2D eigenvalue weighted by Crippen LogP contribution is 2.33. The number of rotatable bonds is 6. The number of hydrogen-bond acceptors (Lipinski definition) is 6. The zero-order chi connectivity index (χ0) is 28.7. The first kappa shape index (κ1) is 26.8. The molecular formula is C32H32N4O4S. The lowest BCUT2D eigenvalue weighted by molar-refractivity contribution is 0.414. The van der Waals surface area contributed by atoms with Crippen LogP contribution < -0.4 is 15.2 Å². The van der Waals surface area contributed by atoms with Crippen LogP contribution in [0.25, 0.3) is 22.0 Å². The van der Waals surface area contributed by atoms with E-state index in [9.17, 15) is 13.2 Å². The quantitative estimate of drug-likeness (QED) is 0.275. The van der Waals surface area contributed by atoms with Crippen LogP contribution in [0, 0.1) is 6.92 Å². The number of benzene rings is 2. The van der Waals surface area contributed by atoms with Crippen LogP contribution in [0.5, 0.6) is 5.75 Å². The smallest absolute Gasteiger partial charge is 0.275 e. The first-order chi connectivity index (χ1) is 19.8. The molecule has 3 aromatic heterocycles. The Morgan fingerprint density at radius 1 is 0.927 bits per heavy atom. The number of ether oxygens (including phenoxy) is 1. The van der Waals surface area contributed by atoms with Crippen molar-refractivity contribution in [1.29, 1.82) is 0 Å². The summed E-state index contributed by atoms with van der Waals surface area (Å²) in [6.07, 6.45) is 7.08. The van der Waals surface area contributed by atoms with E-state index in [1.54, 1.807) is 56.9 Å². The molecule has 0 saturated carbocycles. The molecule has 2 aromatic carbocycles. The molecule has 1 aliphatic heterocycles. The highest BCUT2D eigenvalue weighted by Gasteiger charge is 2.24. The van der Waals surface area contributed by atoms with E-state index in [-0.39, 0.29) is 16.0 Å². The zero-order valence-corrected chi connectivity index (χ0v) is 24.1. The molecule has 0 bridgehead atoms. The van der Waals surface area contributed by atoms with E-state index in [2.05, 4.69) is 17.0 Å². The third-order valence-electron chi connectivity index (χ3n) is 8.03. The predicted molar refractivity (Wildman–Crippen MR) is 161 cm³/mol. The molecule has 0 aliphatic carbocycles. The van der Waals surface area contributed by atoms with Gasteiger partial charge in [-0.05, 0) is 73.7 Å². The zero-order valence-electron chi connectivity index (χ0n) is 23.3. The Morgan fingerprint density at radius 2 is 1.63 bits per heavy atom. The molecule has 1 aliphatic rings. The third kappa shape index (κ3) is 4.91. The molecule has 0 atom stereocenters. The Labute approximate surface area is 239 Å². The van der Waals surface area contributed by atoms with Gasteiger partial charge in [0.2, 0.25) is 0 Å². The van der Waals surface area contributed by atoms with Crippen LogP contribution in [0.2, 0.25) is 0 Å². The van der Waals surface area contributed by atoms with Crippen LogP contribution in [0.15, 0.2) is 95.0 Å². The lowest BCUT2D eigenvalue weighted by Crippen LogP contribution is -2.33. The lowest BCUT2D eigenvalue weighted by Gasteiger charge is -2.33. The maximum absolute atomic E-state index is 13.5. The number of anilines is 1. The van der Waals surface area contributed by atoms with Gasteiger partial charge in [0, 0.05) is 55.2 Å². The second kappa shape index (κ2) is 10.6. The van der Waals surface area contributed by atoms with Crippen LogP contribution >= 0.6 is 0 Å². The fraction of sp³-hybridized carbons (Fsp3) is 0.250. The van der Waals surface area contributed by atoms with E-state index in [4.69, 9.17) is 9.72 Å². The van der Waals surface area contributed by atoms with E-state index in [1.807, 2.05) is 31.2 Å². The first-order valence-corrected chi connectivity index (χ1v) is 15.1. The molecule has 0 unspecified atom stereocenters. The number of fused-ring (bicyclic) bond motifs is 1. The van der Waals surface area contributed by atoms with Crippen LogP contribution in [-0.4, -0.2) is 42.1 Å². The van der Waals surface area contributed by atoms with Crippen molar-refractivity contribution >= 4 is 26.7 Å². The van der Waals surface area contributed by atoms with Gasteiger partial charge in [-0.1, -0.05) is 29.8 Å². The summed E-state index contributed by atoms with van der Waals surface area (Å²) in [5.41, 5.74) is 3.59. The molecule has 0 spiro atoms. The fourth-order valence-electron chi connectivity index (χ4n) is 5.63. The van der Waals surface area contributed by atoms with E-state index in [1.165, 1.54) is 16.3 Å². The van der Waals surface area contributed by atoms with Gasteiger partial charge in [0.25, 0.3) is 15.6 Å². The van der Waals surface area contributed by atoms with Crippen molar-refractivity contribution in [3.05, 3.63) is 107 Å². The van der Waals surface area contributed by atoms with Crippen molar-refractivity contribution in [3.8, 4) is 16.9 Å². The SMILES string of the molecule is COc1ccc(C2CCN(c3ccc(-c4cn(C)c(=O)c5c4ccn5S(=O)(=O)c4ccc(C)cc4)cn3)CC2)cc1. The van der Waals surface area contributed by atoms with Gasteiger partial charge < -0.3 is 14.2 Å². The summed E-state index contributed by atoms with van der Waals surface area (Å²) in [6.45, 7) is 3.72. The van der Waals surface area contributed by atoms with Crippen LogP contribution in [-0.2, 0) is 17.1 Å². The Morgan fingerprint density at radius 3 is 2.27 bits per heavy atom. The van der Waals surface area contributed by atoms with Gasteiger partial charge in [0.05, 0.1) is 12.0 Å². The number of aromatic nitrogens is 3. The van der Waals surface area contributed by atoms with E-state index >= 15 is 0 Å². The molecule has 1 fully saturated rings. The summed E-state index contributed by atoms with van der Waals surface area (Å²) in [5.74, 6) is 2.29. The van der Waals surface area contributed by atoms with Crippen molar-refractivity contribution in [3.63, 3.8) is 0 Å². The van der Waals surface area contributed by atoms with Gasteiger partial charge in [-0.15, -0.1) is 0 Å². The highest BCUT2D eigenvalue weighted by molar-refractivity contribution is 7.90. The molecule has 41 heavy (non-hydrogen) atoms. The Hall–Kier alpha value is -4.37. The van der Waals surface area contributed by atoms with Gasteiger partial charge in [-0.3, -0.25) is 4.79 Å². The standard InChI is InChI=1S/C32H32N4O4S/c1-22-4-11-27(12-5-22)41(38,39)36-19-16-28-29(21-34(2)32(37)31(28)36)25-8-13-30(33-20-25)35-17-14-24(15-18-35)23-6-9-26(40-3)10-7-23/h4-13,16,19-21,24H,14-15,17-18H2,1-3H3. The summed E-state index contributed by atoms with van der Waals surface area (Å²) < 4.78 is 34.8. The van der Waals surface area contributed by atoms with Crippen molar-refractivity contribution in [2.24, 2.45) is 7.05 Å². The van der Waals surface area contributed by atoms with Gasteiger partial charge in [0.1, 0.15) is 17.1 Å². The van der Waals surface area contributed by atoms with Gasteiger partial charge in [0.15, 0.2) is 0 Å². The average molecular weight is 569 g/mol.